The second-order valence-electron chi connectivity index (χ2n) is 1.91. The SMILES string of the molecule is FC(F)C=C(C(F)(F)F)C(F)(F)F. The Bertz CT molecular complexity index is 178. The minimum Gasteiger partial charge on any atom is -0.206 e. The van der Waals surface area contributed by atoms with E-state index in [-0.39, 0.29) is 0 Å². The molecule has 0 spiro atoms. The highest BCUT2D eigenvalue weighted by atomic mass is 19.4. The first kappa shape index (κ1) is 12.2. The molecule has 0 N–H and O–H groups in total. The fraction of sp³-hybridized carbons (Fsp3) is 0.600. The summed E-state index contributed by atoms with van der Waals surface area (Å²) in [6.07, 6.45) is -16.6. The monoisotopic (exact) mass is 214 g/mol. The van der Waals surface area contributed by atoms with Crippen molar-refractivity contribution in [2.24, 2.45) is 0 Å². The van der Waals surface area contributed by atoms with E-state index in [0.717, 1.165) is 0 Å². The Morgan fingerprint density at radius 2 is 1.15 bits per heavy atom. The molecule has 0 aliphatic heterocycles. The van der Waals surface area contributed by atoms with Crippen LogP contribution in [-0.4, -0.2) is 18.8 Å². The van der Waals surface area contributed by atoms with Crippen molar-refractivity contribution >= 4 is 0 Å². The summed E-state index contributed by atoms with van der Waals surface area (Å²) in [7, 11) is 0. The number of allylic oxidation sites excluding steroid dienone is 2. The summed E-state index contributed by atoms with van der Waals surface area (Å²) >= 11 is 0. The van der Waals surface area contributed by atoms with E-state index < -0.39 is 30.4 Å². The lowest BCUT2D eigenvalue weighted by molar-refractivity contribution is -0.173. The zero-order valence-corrected chi connectivity index (χ0v) is 5.68. The first-order chi connectivity index (χ1) is 5.55. The van der Waals surface area contributed by atoms with Crippen LogP contribution in [-0.2, 0) is 0 Å². The van der Waals surface area contributed by atoms with Crippen LogP contribution in [0.25, 0.3) is 0 Å². The quantitative estimate of drug-likeness (QED) is 0.464. The van der Waals surface area contributed by atoms with Gasteiger partial charge in [0, 0.05) is 0 Å². The van der Waals surface area contributed by atoms with Crippen molar-refractivity contribution in [3.8, 4) is 0 Å². The topological polar surface area (TPSA) is 0 Å². The van der Waals surface area contributed by atoms with Gasteiger partial charge in [0.05, 0.1) is 0 Å². The standard InChI is InChI=1S/C5H2F8/c6-3(7)1-2(4(8,9)10)5(11,12)13/h1,3H. The Hall–Kier alpha value is -0.820. The summed E-state index contributed by atoms with van der Waals surface area (Å²) in [5.41, 5.74) is -3.19. The molecule has 13 heavy (non-hydrogen) atoms. The Labute approximate surface area is 66.8 Å². The Balaban J connectivity index is 5.01. The van der Waals surface area contributed by atoms with Crippen LogP contribution in [0.4, 0.5) is 35.1 Å². The van der Waals surface area contributed by atoms with Gasteiger partial charge in [-0.05, 0) is 6.08 Å². The molecule has 0 fully saturated rings. The van der Waals surface area contributed by atoms with E-state index in [4.69, 9.17) is 0 Å². The second-order valence-corrected chi connectivity index (χ2v) is 1.91. The molecule has 0 radical (unpaired) electrons. The molecule has 0 unspecified atom stereocenters. The minimum atomic E-state index is -5.81. The molecular formula is C5H2F8. The maximum atomic E-state index is 11.5. The van der Waals surface area contributed by atoms with Crippen molar-refractivity contribution in [1.82, 2.24) is 0 Å². The van der Waals surface area contributed by atoms with E-state index in [2.05, 4.69) is 0 Å². The van der Waals surface area contributed by atoms with Crippen LogP contribution in [0.3, 0.4) is 0 Å². The Kier molecular flexibility index (Phi) is 3.28. The highest BCUT2D eigenvalue weighted by Gasteiger charge is 2.51. The molecule has 0 heterocycles. The van der Waals surface area contributed by atoms with Gasteiger partial charge >= 0.3 is 12.4 Å². The predicted molar refractivity (Wildman–Crippen MR) is 26.2 cm³/mol. The highest BCUT2D eigenvalue weighted by molar-refractivity contribution is 5.16. The van der Waals surface area contributed by atoms with Crippen molar-refractivity contribution in [2.45, 2.75) is 18.8 Å². The van der Waals surface area contributed by atoms with Crippen molar-refractivity contribution in [3.05, 3.63) is 11.6 Å². The highest BCUT2D eigenvalue weighted by Crippen LogP contribution is 2.38. The van der Waals surface area contributed by atoms with E-state index in [9.17, 15) is 35.1 Å². The van der Waals surface area contributed by atoms with E-state index in [1.807, 2.05) is 0 Å². The molecule has 0 rings (SSSR count). The molecule has 0 aromatic heterocycles. The smallest absolute Gasteiger partial charge is 0.206 e. The fourth-order valence-electron chi connectivity index (χ4n) is 0.476. The molecule has 0 nitrogen and oxygen atoms in total. The van der Waals surface area contributed by atoms with E-state index in [1.54, 1.807) is 0 Å². The number of rotatable bonds is 1. The maximum absolute atomic E-state index is 11.5. The third-order valence-corrected chi connectivity index (χ3v) is 0.903. The molecule has 0 aromatic rings. The molecule has 0 aliphatic rings. The molecule has 0 saturated heterocycles. The summed E-state index contributed by atoms with van der Waals surface area (Å²) in [4.78, 5) is 0. The Morgan fingerprint density at radius 3 is 1.23 bits per heavy atom. The number of hydrogen-bond acceptors (Lipinski definition) is 0. The van der Waals surface area contributed by atoms with Gasteiger partial charge in [0.15, 0.2) is 0 Å². The van der Waals surface area contributed by atoms with Crippen LogP contribution in [0.1, 0.15) is 0 Å². The summed E-state index contributed by atoms with van der Waals surface area (Å²) in [5.74, 6) is 0. The molecule has 8 heteroatoms. The third-order valence-electron chi connectivity index (χ3n) is 0.903. The van der Waals surface area contributed by atoms with Crippen LogP contribution in [0.2, 0.25) is 0 Å². The lowest BCUT2D eigenvalue weighted by atomic mass is 10.2. The molecule has 0 amide bonds. The summed E-state index contributed by atoms with van der Waals surface area (Å²) < 4.78 is 91.3. The van der Waals surface area contributed by atoms with Crippen LogP contribution >= 0.6 is 0 Å². The van der Waals surface area contributed by atoms with Crippen LogP contribution in [0.15, 0.2) is 11.6 Å². The van der Waals surface area contributed by atoms with Crippen LogP contribution in [0, 0.1) is 0 Å². The minimum absolute atomic E-state index is 1.17. The number of alkyl halides is 8. The van der Waals surface area contributed by atoms with Crippen molar-refractivity contribution in [2.75, 3.05) is 0 Å². The average Bonchev–Trinajstić information content (AvgIpc) is 1.77. The van der Waals surface area contributed by atoms with Crippen molar-refractivity contribution in [1.29, 1.82) is 0 Å². The van der Waals surface area contributed by atoms with Gasteiger partial charge < -0.3 is 0 Å². The third kappa shape index (κ3) is 4.09. The van der Waals surface area contributed by atoms with Gasteiger partial charge in [-0.2, -0.15) is 26.3 Å². The molecule has 0 aliphatic carbocycles. The average molecular weight is 214 g/mol. The zero-order chi connectivity index (χ0) is 10.9. The molecule has 0 saturated carbocycles. The van der Waals surface area contributed by atoms with E-state index in [1.165, 1.54) is 0 Å². The lowest BCUT2D eigenvalue weighted by Gasteiger charge is -2.14. The summed E-state index contributed by atoms with van der Waals surface area (Å²) in [6.45, 7) is 0. The zero-order valence-electron chi connectivity index (χ0n) is 5.68. The first-order valence-electron chi connectivity index (χ1n) is 2.69. The van der Waals surface area contributed by atoms with E-state index >= 15 is 0 Å². The van der Waals surface area contributed by atoms with Gasteiger partial charge in [-0.1, -0.05) is 0 Å². The number of hydrogen-bond donors (Lipinski definition) is 0. The molecule has 78 valence electrons. The summed E-state index contributed by atoms with van der Waals surface area (Å²) in [5, 5.41) is 0. The number of halogens is 8. The van der Waals surface area contributed by atoms with Gasteiger partial charge in [0.25, 0.3) is 6.43 Å². The summed E-state index contributed by atoms with van der Waals surface area (Å²) in [6, 6.07) is 0. The molecule has 0 bridgehead atoms. The van der Waals surface area contributed by atoms with Gasteiger partial charge in [0.2, 0.25) is 0 Å². The molecular weight excluding hydrogens is 212 g/mol. The lowest BCUT2D eigenvalue weighted by Crippen LogP contribution is -2.26. The first-order valence-corrected chi connectivity index (χ1v) is 2.69. The van der Waals surface area contributed by atoms with E-state index in [0.29, 0.717) is 0 Å². The normalized spacial score (nSPS) is 13.3. The van der Waals surface area contributed by atoms with Gasteiger partial charge in [-0.25, -0.2) is 8.78 Å². The van der Waals surface area contributed by atoms with Gasteiger partial charge in [-0.3, -0.25) is 0 Å². The van der Waals surface area contributed by atoms with Crippen molar-refractivity contribution < 1.29 is 35.1 Å². The second kappa shape index (κ2) is 3.51. The van der Waals surface area contributed by atoms with Crippen molar-refractivity contribution in [3.63, 3.8) is 0 Å². The van der Waals surface area contributed by atoms with Crippen LogP contribution < -0.4 is 0 Å². The fourth-order valence-corrected chi connectivity index (χ4v) is 0.476. The van der Waals surface area contributed by atoms with Gasteiger partial charge in [0.1, 0.15) is 5.57 Å². The Morgan fingerprint density at radius 1 is 0.846 bits per heavy atom. The molecule has 0 atom stereocenters. The predicted octanol–water partition coefficient (Wildman–Crippen LogP) is 3.30. The maximum Gasteiger partial charge on any atom is 0.421 e. The largest absolute Gasteiger partial charge is 0.421 e. The van der Waals surface area contributed by atoms with Gasteiger partial charge in [-0.15, -0.1) is 0 Å². The van der Waals surface area contributed by atoms with Crippen LogP contribution in [0.5, 0.6) is 0 Å². The molecule has 0 aromatic carbocycles.